The Balaban J connectivity index is 2.47. The summed E-state index contributed by atoms with van der Waals surface area (Å²) >= 11 is 1.74. The molecule has 0 atom stereocenters. The smallest absolute Gasteiger partial charge is 0.0955 e. The highest BCUT2D eigenvalue weighted by Gasteiger charge is 2.02. The fraction of sp³-hybridized carbons (Fsp3) is 0.444. The summed E-state index contributed by atoms with van der Waals surface area (Å²) in [5.74, 6) is 0.698. The van der Waals surface area contributed by atoms with E-state index in [0.29, 0.717) is 5.84 Å². The standard InChI is InChI=1S/C9H14N2S/c1-3-9(10)11(2)7-8-5-4-6-12-8/h4-6,10H,3,7H2,1-2H3. The average Bonchev–Trinajstić information content (AvgIpc) is 2.55. The lowest BCUT2D eigenvalue weighted by atomic mass is 10.3. The van der Waals surface area contributed by atoms with Gasteiger partial charge in [0.1, 0.15) is 0 Å². The van der Waals surface area contributed by atoms with E-state index < -0.39 is 0 Å². The summed E-state index contributed by atoms with van der Waals surface area (Å²) in [5.41, 5.74) is 0. The minimum atomic E-state index is 0.698. The van der Waals surface area contributed by atoms with Crippen LogP contribution in [0.1, 0.15) is 18.2 Å². The fourth-order valence-corrected chi connectivity index (χ4v) is 1.76. The summed E-state index contributed by atoms with van der Waals surface area (Å²) in [6.07, 6.45) is 0.807. The highest BCUT2D eigenvalue weighted by Crippen LogP contribution is 2.11. The van der Waals surface area contributed by atoms with Gasteiger partial charge in [-0.2, -0.15) is 0 Å². The first kappa shape index (κ1) is 9.26. The molecule has 0 aliphatic rings. The van der Waals surface area contributed by atoms with Gasteiger partial charge in [0.25, 0.3) is 0 Å². The molecular weight excluding hydrogens is 168 g/mol. The molecule has 0 amide bonds. The quantitative estimate of drug-likeness (QED) is 0.564. The van der Waals surface area contributed by atoms with Crippen molar-refractivity contribution in [3.8, 4) is 0 Å². The van der Waals surface area contributed by atoms with Crippen molar-refractivity contribution in [1.29, 1.82) is 5.41 Å². The molecule has 0 aliphatic carbocycles. The molecule has 1 heterocycles. The van der Waals surface area contributed by atoms with Crippen molar-refractivity contribution < 1.29 is 0 Å². The molecule has 12 heavy (non-hydrogen) atoms. The fourth-order valence-electron chi connectivity index (χ4n) is 1.00. The molecule has 2 nitrogen and oxygen atoms in total. The Labute approximate surface area is 77.3 Å². The molecule has 0 saturated heterocycles. The van der Waals surface area contributed by atoms with E-state index in [1.54, 1.807) is 11.3 Å². The summed E-state index contributed by atoms with van der Waals surface area (Å²) in [6.45, 7) is 2.87. The lowest BCUT2D eigenvalue weighted by molar-refractivity contribution is 0.492. The predicted molar refractivity (Wildman–Crippen MR) is 53.8 cm³/mol. The second-order valence-electron chi connectivity index (χ2n) is 2.74. The maximum absolute atomic E-state index is 7.58. The zero-order valence-corrected chi connectivity index (χ0v) is 8.32. The van der Waals surface area contributed by atoms with E-state index in [9.17, 15) is 0 Å². The molecule has 1 aromatic rings. The molecule has 0 spiro atoms. The minimum Gasteiger partial charge on any atom is -0.358 e. The molecule has 0 aliphatic heterocycles. The predicted octanol–water partition coefficient (Wildman–Crippen LogP) is 2.57. The molecule has 0 aromatic carbocycles. The van der Waals surface area contributed by atoms with Crippen molar-refractivity contribution in [1.82, 2.24) is 4.90 Å². The Hall–Kier alpha value is -0.830. The largest absolute Gasteiger partial charge is 0.358 e. The van der Waals surface area contributed by atoms with Gasteiger partial charge in [-0.1, -0.05) is 13.0 Å². The van der Waals surface area contributed by atoms with Gasteiger partial charge in [-0.25, -0.2) is 0 Å². The second kappa shape index (κ2) is 4.26. The molecule has 0 saturated carbocycles. The maximum Gasteiger partial charge on any atom is 0.0955 e. The molecule has 1 N–H and O–H groups in total. The Morgan fingerprint density at radius 1 is 1.67 bits per heavy atom. The van der Waals surface area contributed by atoms with Crippen LogP contribution in [0.15, 0.2) is 17.5 Å². The van der Waals surface area contributed by atoms with E-state index in [1.165, 1.54) is 4.88 Å². The summed E-state index contributed by atoms with van der Waals surface area (Å²) in [7, 11) is 1.96. The third-order valence-electron chi connectivity index (χ3n) is 1.77. The maximum atomic E-state index is 7.58. The Kier molecular flexibility index (Phi) is 3.29. The van der Waals surface area contributed by atoms with Crippen molar-refractivity contribution in [2.45, 2.75) is 19.9 Å². The van der Waals surface area contributed by atoms with Gasteiger partial charge in [0.2, 0.25) is 0 Å². The Morgan fingerprint density at radius 3 is 2.92 bits per heavy atom. The van der Waals surface area contributed by atoms with Crippen LogP contribution in [-0.2, 0) is 6.54 Å². The van der Waals surface area contributed by atoms with E-state index in [2.05, 4.69) is 11.4 Å². The van der Waals surface area contributed by atoms with Crippen molar-refractivity contribution in [3.05, 3.63) is 22.4 Å². The molecular formula is C9H14N2S. The van der Waals surface area contributed by atoms with Gasteiger partial charge in [0, 0.05) is 18.3 Å². The number of amidine groups is 1. The number of nitrogens with zero attached hydrogens (tertiary/aromatic N) is 1. The van der Waals surface area contributed by atoms with E-state index in [0.717, 1.165) is 13.0 Å². The number of hydrogen-bond acceptors (Lipinski definition) is 2. The number of hydrogen-bond donors (Lipinski definition) is 1. The minimum absolute atomic E-state index is 0.698. The van der Waals surface area contributed by atoms with Gasteiger partial charge in [-0.15, -0.1) is 11.3 Å². The summed E-state index contributed by atoms with van der Waals surface area (Å²) < 4.78 is 0. The van der Waals surface area contributed by atoms with Gasteiger partial charge < -0.3 is 4.90 Å². The Bertz CT molecular complexity index is 241. The lowest BCUT2D eigenvalue weighted by Gasteiger charge is -2.17. The highest BCUT2D eigenvalue weighted by atomic mass is 32.1. The molecule has 0 unspecified atom stereocenters. The van der Waals surface area contributed by atoms with Crippen molar-refractivity contribution in [2.24, 2.45) is 0 Å². The molecule has 1 rings (SSSR count). The van der Waals surface area contributed by atoms with Crippen LogP contribution in [0.4, 0.5) is 0 Å². The third-order valence-corrected chi connectivity index (χ3v) is 2.63. The van der Waals surface area contributed by atoms with Gasteiger partial charge in [0.05, 0.1) is 12.4 Å². The average molecular weight is 182 g/mol. The second-order valence-corrected chi connectivity index (χ2v) is 3.77. The molecule has 3 heteroatoms. The first-order valence-corrected chi connectivity index (χ1v) is 4.93. The van der Waals surface area contributed by atoms with Crippen molar-refractivity contribution in [2.75, 3.05) is 7.05 Å². The van der Waals surface area contributed by atoms with Crippen LogP contribution in [0.25, 0.3) is 0 Å². The Morgan fingerprint density at radius 2 is 2.42 bits per heavy atom. The summed E-state index contributed by atoms with van der Waals surface area (Å²) in [6, 6.07) is 4.15. The first-order valence-electron chi connectivity index (χ1n) is 4.05. The highest BCUT2D eigenvalue weighted by molar-refractivity contribution is 7.09. The summed E-state index contributed by atoms with van der Waals surface area (Å²) in [5, 5.41) is 9.64. The van der Waals surface area contributed by atoms with Gasteiger partial charge >= 0.3 is 0 Å². The van der Waals surface area contributed by atoms with Gasteiger partial charge in [-0.05, 0) is 11.4 Å². The van der Waals surface area contributed by atoms with E-state index in [-0.39, 0.29) is 0 Å². The van der Waals surface area contributed by atoms with Crippen LogP contribution in [0, 0.1) is 5.41 Å². The van der Waals surface area contributed by atoms with Crippen LogP contribution < -0.4 is 0 Å². The molecule has 1 aromatic heterocycles. The van der Waals surface area contributed by atoms with E-state index in [1.807, 2.05) is 24.9 Å². The number of rotatable bonds is 3. The molecule has 0 fully saturated rings. The van der Waals surface area contributed by atoms with Gasteiger partial charge in [0.15, 0.2) is 0 Å². The van der Waals surface area contributed by atoms with Crippen LogP contribution in [0.5, 0.6) is 0 Å². The molecule has 0 radical (unpaired) electrons. The zero-order chi connectivity index (χ0) is 8.97. The van der Waals surface area contributed by atoms with Crippen LogP contribution >= 0.6 is 11.3 Å². The lowest BCUT2D eigenvalue weighted by Crippen LogP contribution is -2.23. The zero-order valence-electron chi connectivity index (χ0n) is 7.50. The topological polar surface area (TPSA) is 27.1 Å². The number of nitrogens with one attached hydrogen (secondary N) is 1. The SMILES string of the molecule is CCC(=N)N(C)Cc1cccs1. The number of thiophene rings is 1. The van der Waals surface area contributed by atoms with Crippen LogP contribution in [0.3, 0.4) is 0 Å². The van der Waals surface area contributed by atoms with E-state index >= 15 is 0 Å². The van der Waals surface area contributed by atoms with Gasteiger partial charge in [-0.3, -0.25) is 5.41 Å². The van der Waals surface area contributed by atoms with Crippen molar-refractivity contribution in [3.63, 3.8) is 0 Å². The molecule has 0 bridgehead atoms. The molecule has 66 valence electrons. The third kappa shape index (κ3) is 2.34. The van der Waals surface area contributed by atoms with Crippen LogP contribution in [-0.4, -0.2) is 17.8 Å². The van der Waals surface area contributed by atoms with Crippen LogP contribution in [0.2, 0.25) is 0 Å². The van der Waals surface area contributed by atoms with Crippen molar-refractivity contribution >= 4 is 17.2 Å². The van der Waals surface area contributed by atoms with E-state index in [4.69, 9.17) is 5.41 Å². The normalized spacial score (nSPS) is 9.83. The monoisotopic (exact) mass is 182 g/mol. The summed E-state index contributed by atoms with van der Waals surface area (Å²) in [4.78, 5) is 3.29. The first-order chi connectivity index (χ1) is 5.74.